The van der Waals surface area contributed by atoms with Crippen LogP contribution in [0.5, 0.6) is 0 Å². The molecule has 1 N–H and O–H groups in total. The molecular formula is C24H30ClN3O. The molecule has 154 valence electrons. The van der Waals surface area contributed by atoms with Crippen LogP contribution in [-0.2, 0) is 4.79 Å². The molecule has 4 rings (SSSR count). The zero-order valence-corrected chi connectivity index (χ0v) is 17.9. The topological polar surface area (TPSA) is 35.6 Å². The summed E-state index contributed by atoms with van der Waals surface area (Å²) in [6.45, 7) is 8.24. The van der Waals surface area contributed by atoms with Gasteiger partial charge in [0.1, 0.15) is 0 Å². The van der Waals surface area contributed by atoms with Crippen molar-refractivity contribution in [3.05, 3.63) is 64.7 Å². The molecule has 1 heterocycles. The van der Waals surface area contributed by atoms with Gasteiger partial charge in [-0.3, -0.25) is 9.69 Å². The molecule has 1 aliphatic carbocycles. The minimum absolute atomic E-state index is 0.0905. The van der Waals surface area contributed by atoms with Gasteiger partial charge in [0.2, 0.25) is 5.91 Å². The highest BCUT2D eigenvalue weighted by Crippen LogP contribution is 2.49. The number of anilines is 1. The molecule has 0 bridgehead atoms. The molecule has 4 nitrogen and oxygen atoms in total. The summed E-state index contributed by atoms with van der Waals surface area (Å²) in [5.74, 6) is 0.561. The summed E-state index contributed by atoms with van der Waals surface area (Å²) < 4.78 is 0. The van der Waals surface area contributed by atoms with Crippen molar-refractivity contribution in [1.82, 2.24) is 10.2 Å². The van der Waals surface area contributed by atoms with Crippen LogP contribution in [-0.4, -0.2) is 50.1 Å². The Morgan fingerprint density at radius 1 is 1.10 bits per heavy atom. The predicted molar refractivity (Wildman–Crippen MR) is 120 cm³/mol. The van der Waals surface area contributed by atoms with Crippen LogP contribution in [0.15, 0.2) is 48.5 Å². The normalized spacial score (nSPS) is 21.8. The van der Waals surface area contributed by atoms with Gasteiger partial charge in [-0.2, -0.15) is 0 Å². The molecule has 29 heavy (non-hydrogen) atoms. The van der Waals surface area contributed by atoms with E-state index in [1.165, 1.54) is 11.3 Å². The largest absolute Gasteiger partial charge is 0.369 e. The number of nitrogens with zero attached hydrogens (tertiary/aromatic N) is 2. The lowest BCUT2D eigenvalue weighted by Crippen LogP contribution is -2.47. The maximum absolute atomic E-state index is 12.4. The quantitative estimate of drug-likeness (QED) is 0.697. The molecular weight excluding hydrogens is 382 g/mol. The third-order valence-corrected chi connectivity index (χ3v) is 6.47. The first-order chi connectivity index (χ1) is 14.1. The van der Waals surface area contributed by atoms with Crippen molar-refractivity contribution in [2.45, 2.75) is 25.7 Å². The Morgan fingerprint density at radius 3 is 2.66 bits per heavy atom. The Hall–Kier alpha value is -2.04. The van der Waals surface area contributed by atoms with Gasteiger partial charge in [-0.1, -0.05) is 41.9 Å². The maximum atomic E-state index is 12.4. The van der Waals surface area contributed by atoms with Gasteiger partial charge in [0.15, 0.2) is 0 Å². The van der Waals surface area contributed by atoms with Crippen molar-refractivity contribution in [2.24, 2.45) is 5.92 Å². The minimum atomic E-state index is 0.0905. The SMILES string of the molecule is Cc1cccc(N2CCN(CCCNC(=O)C3CC3c3ccccc3Cl)CC2)c1. The summed E-state index contributed by atoms with van der Waals surface area (Å²) in [7, 11) is 0. The molecule has 2 aromatic rings. The number of hydrogen-bond acceptors (Lipinski definition) is 3. The summed E-state index contributed by atoms with van der Waals surface area (Å²) in [5.41, 5.74) is 3.75. The molecule has 2 aromatic carbocycles. The van der Waals surface area contributed by atoms with E-state index in [4.69, 9.17) is 11.6 Å². The Kier molecular flexibility index (Phi) is 6.41. The molecule has 2 atom stereocenters. The smallest absolute Gasteiger partial charge is 0.223 e. The van der Waals surface area contributed by atoms with E-state index in [0.717, 1.165) is 62.7 Å². The predicted octanol–water partition coefficient (Wildman–Crippen LogP) is 4.08. The Balaban J connectivity index is 1.13. The van der Waals surface area contributed by atoms with Gasteiger partial charge in [0.05, 0.1) is 0 Å². The van der Waals surface area contributed by atoms with Crippen LogP contribution in [0.2, 0.25) is 5.02 Å². The number of aryl methyl sites for hydroxylation is 1. The third-order valence-electron chi connectivity index (χ3n) is 6.12. The Bertz CT molecular complexity index is 848. The van der Waals surface area contributed by atoms with Crippen molar-refractivity contribution in [3.8, 4) is 0 Å². The monoisotopic (exact) mass is 411 g/mol. The van der Waals surface area contributed by atoms with Gasteiger partial charge in [0.25, 0.3) is 0 Å². The van der Waals surface area contributed by atoms with E-state index in [-0.39, 0.29) is 11.8 Å². The van der Waals surface area contributed by atoms with E-state index in [2.05, 4.69) is 46.3 Å². The van der Waals surface area contributed by atoms with Crippen LogP contribution in [0.1, 0.15) is 29.9 Å². The number of piperazine rings is 1. The van der Waals surface area contributed by atoms with E-state index >= 15 is 0 Å². The fraction of sp³-hybridized carbons (Fsp3) is 0.458. The first-order valence-corrected chi connectivity index (χ1v) is 11.1. The van der Waals surface area contributed by atoms with Gasteiger partial charge >= 0.3 is 0 Å². The number of nitrogens with one attached hydrogen (secondary N) is 1. The second-order valence-electron chi connectivity index (χ2n) is 8.28. The van der Waals surface area contributed by atoms with Gasteiger partial charge in [-0.05, 0) is 61.6 Å². The number of carbonyl (C=O) groups excluding carboxylic acids is 1. The maximum Gasteiger partial charge on any atom is 0.223 e. The van der Waals surface area contributed by atoms with Gasteiger partial charge in [0, 0.05) is 49.4 Å². The first-order valence-electron chi connectivity index (χ1n) is 10.7. The van der Waals surface area contributed by atoms with E-state index < -0.39 is 0 Å². The van der Waals surface area contributed by atoms with E-state index in [0.29, 0.717) is 5.92 Å². The second-order valence-corrected chi connectivity index (χ2v) is 8.69. The first kappa shape index (κ1) is 20.2. The number of amides is 1. The van der Waals surface area contributed by atoms with Gasteiger partial charge in [-0.25, -0.2) is 0 Å². The van der Waals surface area contributed by atoms with Crippen molar-refractivity contribution < 1.29 is 4.79 Å². The van der Waals surface area contributed by atoms with Crippen molar-refractivity contribution in [1.29, 1.82) is 0 Å². The Morgan fingerprint density at radius 2 is 1.90 bits per heavy atom. The van der Waals surface area contributed by atoms with Crippen LogP contribution >= 0.6 is 11.6 Å². The number of hydrogen-bond donors (Lipinski definition) is 1. The van der Waals surface area contributed by atoms with Crippen LogP contribution < -0.4 is 10.2 Å². The molecule has 2 fully saturated rings. The molecule has 1 saturated carbocycles. The molecule has 2 aliphatic rings. The van der Waals surface area contributed by atoms with Crippen LogP contribution in [0.4, 0.5) is 5.69 Å². The lowest BCUT2D eigenvalue weighted by Gasteiger charge is -2.36. The van der Waals surface area contributed by atoms with Gasteiger partial charge < -0.3 is 10.2 Å². The average Bonchev–Trinajstić information content (AvgIpc) is 3.53. The fourth-order valence-corrected chi connectivity index (χ4v) is 4.58. The van der Waals surface area contributed by atoms with Crippen LogP contribution in [0.3, 0.4) is 0 Å². The summed E-state index contributed by atoms with van der Waals surface area (Å²) in [5, 5.41) is 3.90. The summed E-state index contributed by atoms with van der Waals surface area (Å²) in [6, 6.07) is 16.6. The minimum Gasteiger partial charge on any atom is -0.369 e. The zero-order chi connectivity index (χ0) is 20.2. The van der Waals surface area contributed by atoms with Gasteiger partial charge in [-0.15, -0.1) is 0 Å². The van der Waals surface area contributed by atoms with E-state index in [1.54, 1.807) is 0 Å². The molecule has 5 heteroatoms. The molecule has 1 amide bonds. The number of benzene rings is 2. The lowest BCUT2D eigenvalue weighted by molar-refractivity contribution is -0.122. The van der Waals surface area contributed by atoms with Crippen molar-refractivity contribution >= 4 is 23.2 Å². The molecule has 1 aliphatic heterocycles. The van der Waals surface area contributed by atoms with Crippen molar-refractivity contribution in [3.63, 3.8) is 0 Å². The molecule has 2 unspecified atom stereocenters. The highest BCUT2D eigenvalue weighted by atomic mass is 35.5. The van der Waals surface area contributed by atoms with Crippen molar-refractivity contribution in [2.75, 3.05) is 44.2 Å². The van der Waals surface area contributed by atoms with Crippen LogP contribution in [0.25, 0.3) is 0 Å². The Labute approximate surface area is 178 Å². The summed E-state index contributed by atoms with van der Waals surface area (Å²) >= 11 is 6.26. The average molecular weight is 412 g/mol. The highest BCUT2D eigenvalue weighted by molar-refractivity contribution is 6.31. The second kappa shape index (κ2) is 9.19. The number of halogens is 1. The number of carbonyl (C=O) groups is 1. The molecule has 1 saturated heterocycles. The summed E-state index contributed by atoms with van der Waals surface area (Å²) in [4.78, 5) is 17.4. The van der Waals surface area contributed by atoms with Crippen LogP contribution in [0, 0.1) is 12.8 Å². The summed E-state index contributed by atoms with van der Waals surface area (Å²) in [6.07, 6.45) is 1.91. The fourth-order valence-electron chi connectivity index (χ4n) is 4.30. The lowest BCUT2D eigenvalue weighted by atomic mass is 10.1. The zero-order valence-electron chi connectivity index (χ0n) is 17.1. The highest BCUT2D eigenvalue weighted by Gasteiger charge is 2.44. The number of rotatable bonds is 7. The third kappa shape index (κ3) is 5.12. The molecule has 0 spiro atoms. The van der Waals surface area contributed by atoms with E-state index in [9.17, 15) is 4.79 Å². The molecule has 0 radical (unpaired) electrons. The van der Waals surface area contributed by atoms with E-state index in [1.807, 2.05) is 24.3 Å². The molecule has 0 aromatic heterocycles. The standard InChI is InChI=1S/C24H30ClN3O/c1-18-6-4-7-19(16-18)28-14-12-27(13-15-28)11-5-10-26-24(29)22-17-21(22)20-8-2-3-9-23(20)25/h2-4,6-9,16,21-22H,5,10-15,17H2,1H3,(H,26,29).